The van der Waals surface area contributed by atoms with Gasteiger partial charge in [-0.15, -0.1) is 0 Å². The molecule has 2 nitrogen and oxygen atoms in total. The summed E-state index contributed by atoms with van der Waals surface area (Å²) >= 11 is 0. The third-order valence-corrected chi connectivity index (χ3v) is 3.57. The molecule has 1 fully saturated rings. The van der Waals surface area contributed by atoms with Crippen molar-refractivity contribution in [2.75, 3.05) is 14.1 Å². The van der Waals surface area contributed by atoms with Gasteiger partial charge in [0.05, 0.1) is 5.41 Å². The highest BCUT2D eigenvalue weighted by molar-refractivity contribution is 5.83. The van der Waals surface area contributed by atoms with Crippen LogP contribution < -0.4 is 0 Å². The Bertz CT molecular complexity index is 269. The largest absolute Gasteiger partial charge is 0.348 e. The summed E-state index contributed by atoms with van der Waals surface area (Å²) in [6.07, 6.45) is 6.74. The van der Waals surface area contributed by atoms with Gasteiger partial charge in [-0.1, -0.05) is 19.1 Å². The second kappa shape index (κ2) is 2.60. The van der Waals surface area contributed by atoms with Gasteiger partial charge in [0.15, 0.2) is 0 Å². The molecule has 0 aromatic heterocycles. The second-order valence-electron chi connectivity index (χ2n) is 4.81. The Morgan fingerprint density at radius 3 is 2.54 bits per heavy atom. The molecule has 3 unspecified atom stereocenters. The molecule has 2 rings (SSSR count). The van der Waals surface area contributed by atoms with Crippen LogP contribution in [-0.4, -0.2) is 24.9 Å². The fourth-order valence-corrected chi connectivity index (χ4v) is 2.85. The summed E-state index contributed by atoms with van der Waals surface area (Å²) in [5.41, 5.74) is -0.108. The number of rotatable bonds is 1. The number of fused-ring (bicyclic) bond motifs is 2. The van der Waals surface area contributed by atoms with Crippen molar-refractivity contribution in [2.45, 2.75) is 19.8 Å². The monoisotopic (exact) mass is 179 g/mol. The number of allylic oxidation sites excluding steroid dienone is 2. The third-order valence-electron chi connectivity index (χ3n) is 3.57. The van der Waals surface area contributed by atoms with Crippen molar-refractivity contribution in [3.8, 4) is 0 Å². The van der Waals surface area contributed by atoms with Gasteiger partial charge in [0.25, 0.3) is 0 Å². The molecule has 1 amide bonds. The first-order valence-corrected chi connectivity index (χ1v) is 4.94. The van der Waals surface area contributed by atoms with Crippen LogP contribution in [0, 0.1) is 17.3 Å². The van der Waals surface area contributed by atoms with Crippen LogP contribution in [0.1, 0.15) is 19.8 Å². The van der Waals surface area contributed by atoms with E-state index in [1.807, 2.05) is 14.1 Å². The first-order chi connectivity index (χ1) is 6.04. The molecule has 0 aromatic carbocycles. The van der Waals surface area contributed by atoms with Crippen LogP contribution in [0.5, 0.6) is 0 Å². The van der Waals surface area contributed by atoms with Crippen molar-refractivity contribution in [1.29, 1.82) is 0 Å². The lowest BCUT2D eigenvalue weighted by molar-refractivity contribution is -0.140. The summed E-state index contributed by atoms with van der Waals surface area (Å²) in [7, 11) is 3.70. The summed E-state index contributed by atoms with van der Waals surface area (Å²) in [5.74, 6) is 1.45. The minimum atomic E-state index is -0.108. The molecule has 0 heterocycles. The maximum atomic E-state index is 11.9. The summed E-state index contributed by atoms with van der Waals surface area (Å²) in [6, 6.07) is 0. The van der Waals surface area contributed by atoms with Crippen molar-refractivity contribution in [3.63, 3.8) is 0 Å². The average Bonchev–Trinajstić information content (AvgIpc) is 2.62. The molecule has 1 saturated carbocycles. The number of amides is 1. The smallest absolute Gasteiger partial charge is 0.228 e. The lowest BCUT2D eigenvalue weighted by Gasteiger charge is -2.32. The van der Waals surface area contributed by atoms with Crippen molar-refractivity contribution in [3.05, 3.63) is 12.2 Å². The Balaban J connectivity index is 2.23. The van der Waals surface area contributed by atoms with Crippen molar-refractivity contribution < 1.29 is 4.79 Å². The molecule has 0 saturated heterocycles. The number of hydrogen-bond acceptors (Lipinski definition) is 1. The molecule has 0 aromatic rings. The van der Waals surface area contributed by atoms with Gasteiger partial charge in [0.2, 0.25) is 5.91 Å². The second-order valence-corrected chi connectivity index (χ2v) is 4.81. The predicted octanol–water partition coefficient (Wildman–Crippen LogP) is 1.68. The molecule has 0 spiro atoms. The SMILES string of the molecule is CN(C)C(=O)C1(C)CC2C=CC1C2. The van der Waals surface area contributed by atoms with E-state index in [0.29, 0.717) is 17.7 Å². The van der Waals surface area contributed by atoms with Gasteiger partial charge in [-0.3, -0.25) is 4.79 Å². The average molecular weight is 179 g/mol. The highest BCUT2D eigenvalue weighted by atomic mass is 16.2. The van der Waals surface area contributed by atoms with Crippen LogP contribution in [0.2, 0.25) is 0 Å². The summed E-state index contributed by atoms with van der Waals surface area (Å²) in [6.45, 7) is 2.11. The first kappa shape index (κ1) is 8.79. The maximum Gasteiger partial charge on any atom is 0.228 e. The molecule has 13 heavy (non-hydrogen) atoms. The van der Waals surface area contributed by atoms with E-state index >= 15 is 0 Å². The minimum Gasteiger partial charge on any atom is -0.348 e. The topological polar surface area (TPSA) is 20.3 Å². The molecular formula is C11H17NO. The molecule has 0 aliphatic heterocycles. The molecule has 0 radical (unpaired) electrons. The number of nitrogens with zero attached hydrogens (tertiary/aromatic N) is 1. The Hall–Kier alpha value is -0.790. The van der Waals surface area contributed by atoms with E-state index in [-0.39, 0.29) is 5.41 Å². The molecule has 2 aliphatic rings. The van der Waals surface area contributed by atoms with E-state index < -0.39 is 0 Å². The number of carbonyl (C=O) groups excluding carboxylic acids is 1. The van der Waals surface area contributed by atoms with Gasteiger partial charge in [-0.25, -0.2) is 0 Å². The highest BCUT2D eigenvalue weighted by Crippen LogP contribution is 2.52. The Morgan fingerprint density at radius 2 is 2.15 bits per heavy atom. The van der Waals surface area contributed by atoms with Crippen molar-refractivity contribution in [2.24, 2.45) is 17.3 Å². The number of carbonyl (C=O) groups is 1. The van der Waals surface area contributed by atoms with Gasteiger partial charge in [0, 0.05) is 14.1 Å². The van der Waals surface area contributed by atoms with Crippen LogP contribution in [0.15, 0.2) is 12.2 Å². The predicted molar refractivity (Wildman–Crippen MR) is 52.2 cm³/mol. The van der Waals surface area contributed by atoms with E-state index in [4.69, 9.17) is 0 Å². The molecule has 2 aliphatic carbocycles. The molecular weight excluding hydrogens is 162 g/mol. The zero-order chi connectivity index (χ0) is 9.64. The number of hydrogen-bond donors (Lipinski definition) is 0. The fraction of sp³-hybridized carbons (Fsp3) is 0.727. The van der Waals surface area contributed by atoms with E-state index in [1.165, 1.54) is 6.42 Å². The van der Waals surface area contributed by atoms with Crippen LogP contribution in [0.4, 0.5) is 0 Å². The Labute approximate surface area is 79.6 Å². The molecule has 72 valence electrons. The fourth-order valence-electron chi connectivity index (χ4n) is 2.85. The quantitative estimate of drug-likeness (QED) is 0.561. The molecule has 2 heteroatoms. The lowest BCUT2D eigenvalue weighted by atomic mass is 9.76. The summed E-state index contributed by atoms with van der Waals surface area (Å²) in [5, 5.41) is 0. The normalized spacial score (nSPS) is 41.2. The van der Waals surface area contributed by atoms with Gasteiger partial charge in [0.1, 0.15) is 0 Å². The summed E-state index contributed by atoms with van der Waals surface area (Å²) < 4.78 is 0. The molecule has 3 atom stereocenters. The minimum absolute atomic E-state index is 0.108. The zero-order valence-corrected chi connectivity index (χ0v) is 8.58. The van der Waals surface area contributed by atoms with Gasteiger partial charge in [-0.05, 0) is 24.7 Å². The van der Waals surface area contributed by atoms with E-state index in [1.54, 1.807) is 4.90 Å². The zero-order valence-electron chi connectivity index (χ0n) is 8.58. The third kappa shape index (κ3) is 1.11. The standard InChI is InChI=1S/C11H17NO/c1-11(10(13)12(2)3)7-8-4-5-9(11)6-8/h4-5,8-9H,6-7H2,1-3H3. The van der Waals surface area contributed by atoms with Crippen molar-refractivity contribution in [1.82, 2.24) is 4.90 Å². The van der Waals surface area contributed by atoms with Crippen molar-refractivity contribution >= 4 is 5.91 Å². The van der Waals surface area contributed by atoms with Crippen LogP contribution in [0.25, 0.3) is 0 Å². The van der Waals surface area contributed by atoms with Crippen LogP contribution in [-0.2, 0) is 4.79 Å². The Kier molecular flexibility index (Phi) is 1.76. The van der Waals surface area contributed by atoms with Crippen LogP contribution >= 0.6 is 0 Å². The molecule has 0 N–H and O–H groups in total. The highest BCUT2D eigenvalue weighted by Gasteiger charge is 2.50. The van der Waals surface area contributed by atoms with Gasteiger partial charge >= 0.3 is 0 Å². The van der Waals surface area contributed by atoms with Gasteiger partial charge < -0.3 is 4.90 Å². The van der Waals surface area contributed by atoms with Gasteiger partial charge in [-0.2, -0.15) is 0 Å². The van der Waals surface area contributed by atoms with E-state index in [0.717, 1.165) is 6.42 Å². The van der Waals surface area contributed by atoms with Crippen LogP contribution in [0.3, 0.4) is 0 Å². The lowest BCUT2D eigenvalue weighted by Crippen LogP contribution is -2.40. The first-order valence-electron chi connectivity index (χ1n) is 4.94. The summed E-state index contributed by atoms with van der Waals surface area (Å²) in [4.78, 5) is 13.7. The van der Waals surface area contributed by atoms with E-state index in [9.17, 15) is 4.79 Å². The molecule has 2 bridgehead atoms. The maximum absolute atomic E-state index is 11.9. The Morgan fingerprint density at radius 1 is 1.46 bits per heavy atom. The van der Waals surface area contributed by atoms with E-state index in [2.05, 4.69) is 19.1 Å².